The van der Waals surface area contributed by atoms with E-state index in [0.29, 0.717) is 38.8 Å². The molecule has 8 heteroatoms. The van der Waals surface area contributed by atoms with Gasteiger partial charge in [0, 0.05) is 25.0 Å². The molecule has 2 aliphatic heterocycles. The van der Waals surface area contributed by atoms with E-state index in [4.69, 9.17) is 0 Å². The lowest BCUT2D eigenvalue weighted by Gasteiger charge is -2.34. The maximum absolute atomic E-state index is 12.7. The minimum Gasteiger partial charge on any atom is -0.353 e. The summed E-state index contributed by atoms with van der Waals surface area (Å²) in [5, 5.41) is 5.98. The van der Waals surface area contributed by atoms with Crippen molar-refractivity contribution >= 4 is 23.8 Å². The van der Waals surface area contributed by atoms with Crippen molar-refractivity contribution in [3.63, 3.8) is 0 Å². The zero-order valence-corrected chi connectivity index (χ0v) is 17.1. The zero-order chi connectivity index (χ0) is 20.4. The molecule has 0 atom stereocenters. The number of imide groups is 1. The van der Waals surface area contributed by atoms with Crippen LogP contribution in [0, 0.1) is 5.92 Å². The van der Waals surface area contributed by atoms with Gasteiger partial charge in [0.25, 0.3) is 5.91 Å². The molecule has 2 saturated carbocycles. The molecule has 0 bridgehead atoms. The van der Waals surface area contributed by atoms with Crippen molar-refractivity contribution in [3.8, 4) is 0 Å². The quantitative estimate of drug-likeness (QED) is 0.695. The van der Waals surface area contributed by atoms with Gasteiger partial charge in [-0.25, -0.2) is 4.79 Å². The summed E-state index contributed by atoms with van der Waals surface area (Å²) in [5.41, 5.74) is -0.770. The molecule has 160 valence electrons. The molecule has 0 aromatic heterocycles. The van der Waals surface area contributed by atoms with Crippen LogP contribution in [0.2, 0.25) is 0 Å². The second kappa shape index (κ2) is 8.32. The monoisotopic (exact) mass is 404 g/mol. The van der Waals surface area contributed by atoms with E-state index in [0.717, 1.165) is 43.4 Å². The normalized spacial score (nSPS) is 25.5. The number of urea groups is 1. The first-order valence-electron chi connectivity index (χ1n) is 11.2. The number of carbonyl (C=O) groups excluding carboxylic acids is 4. The van der Waals surface area contributed by atoms with Gasteiger partial charge in [0.05, 0.1) is 0 Å². The predicted octanol–water partition coefficient (Wildman–Crippen LogP) is 1.54. The van der Waals surface area contributed by atoms with Gasteiger partial charge < -0.3 is 15.5 Å². The molecule has 2 N–H and O–H groups in total. The Kier molecular flexibility index (Phi) is 5.79. The molecular weight excluding hydrogens is 372 g/mol. The molecule has 2 aliphatic carbocycles. The molecule has 4 fully saturated rings. The summed E-state index contributed by atoms with van der Waals surface area (Å²) in [4.78, 5) is 52.9. The van der Waals surface area contributed by atoms with Crippen molar-refractivity contribution in [2.75, 3.05) is 19.6 Å². The standard InChI is InChI=1S/C21H32N4O4/c26-17(14-25-19(28)21(23-20(25)29)10-4-5-11-21)24-12-8-16(9-13-24)22-18(27)15-6-2-1-3-7-15/h15-16H,1-14H2,(H,22,27)(H,23,29). The maximum Gasteiger partial charge on any atom is 0.325 e. The van der Waals surface area contributed by atoms with Gasteiger partial charge in [-0.3, -0.25) is 19.3 Å². The fourth-order valence-corrected chi connectivity index (χ4v) is 5.33. The third kappa shape index (κ3) is 4.12. The Balaban J connectivity index is 1.24. The third-order valence-electron chi connectivity index (χ3n) is 7.17. The Morgan fingerprint density at radius 1 is 0.966 bits per heavy atom. The Labute approximate surface area is 171 Å². The van der Waals surface area contributed by atoms with Gasteiger partial charge in [-0.1, -0.05) is 32.1 Å². The van der Waals surface area contributed by atoms with Gasteiger partial charge in [-0.2, -0.15) is 0 Å². The van der Waals surface area contributed by atoms with E-state index < -0.39 is 11.6 Å². The summed E-state index contributed by atoms with van der Waals surface area (Å²) in [5.74, 6) is -0.134. The fourth-order valence-electron chi connectivity index (χ4n) is 5.33. The number of amides is 5. The number of piperidine rings is 1. The molecule has 0 unspecified atom stereocenters. The summed E-state index contributed by atoms with van der Waals surface area (Å²) < 4.78 is 0. The van der Waals surface area contributed by atoms with Gasteiger partial charge >= 0.3 is 6.03 Å². The van der Waals surface area contributed by atoms with Crippen LogP contribution in [-0.2, 0) is 14.4 Å². The molecule has 8 nitrogen and oxygen atoms in total. The van der Waals surface area contributed by atoms with Crippen LogP contribution in [0.1, 0.15) is 70.6 Å². The summed E-state index contributed by atoms with van der Waals surface area (Å²) >= 11 is 0. The highest BCUT2D eigenvalue weighted by Crippen LogP contribution is 2.35. The van der Waals surface area contributed by atoms with Crippen molar-refractivity contribution in [2.45, 2.75) is 82.2 Å². The first kappa shape index (κ1) is 20.2. The number of hydrogen-bond acceptors (Lipinski definition) is 4. The minimum atomic E-state index is -0.770. The number of hydrogen-bond donors (Lipinski definition) is 2. The lowest BCUT2D eigenvalue weighted by molar-refractivity contribution is -0.139. The van der Waals surface area contributed by atoms with Crippen LogP contribution in [0.5, 0.6) is 0 Å². The van der Waals surface area contributed by atoms with Gasteiger partial charge in [0.15, 0.2) is 0 Å². The number of nitrogens with zero attached hydrogens (tertiary/aromatic N) is 2. The molecule has 4 rings (SSSR count). The van der Waals surface area contributed by atoms with Crippen molar-refractivity contribution in [3.05, 3.63) is 0 Å². The molecule has 1 spiro atoms. The minimum absolute atomic E-state index is 0.104. The van der Waals surface area contributed by atoms with Gasteiger partial charge in [-0.05, 0) is 38.5 Å². The molecule has 29 heavy (non-hydrogen) atoms. The van der Waals surface area contributed by atoms with Crippen LogP contribution in [-0.4, -0.2) is 64.8 Å². The number of carbonyl (C=O) groups is 4. The van der Waals surface area contributed by atoms with E-state index in [1.165, 1.54) is 6.42 Å². The maximum atomic E-state index is 12.7. The molecule has 0 aromatic rings. The first-order chi connectivity index (χ1) is 14.0. The van der Waals surface area contributed by atoms with Crippen LogP contribution >= 0.6 is 0 Å². The van der Waals surface area contributed by atoms with E-state index in [2.05, 4.69) is 10.6 Å². The SMILES string of the molecule is O=C(NC1CCN(C(=O)CN2C(=O)NC3(CCCC3)C2=O)CC1)C1CCCCC1. The summed E-state index contributed by atoms with van der Waals surface area (Å²) in [6.07, 6.45) is 10.1. The lowest BCUT2D eigenvalue weighted by atomic mass is 9.88. The molecule has 0 radical (unpaired) electrons. The van der Waals surface area contributed by atoms with E-state index in [-0.39, 0.29) is 36.2 Å². The van der Waals surface area contributed by atoms with Crippen molar-refractivity contribution in [2.24, 2.45) is 5.92 Å². The Morgan fingerprint density at radius 3 is 2.28 bits per heavy atom. The fraction of sp³-hybridized carbons (Fsp3) is 0.810. The molecular formula is C21H32N4O4. The topological polar surface area (TPSA) is 98.8 Å². The number of nitrogens with one attached hydrogen (secondary N) is 2. The highest BCUT2D eigenvalue weighted by molar-refractivity contribution is 6.09. The Bertz CT molecular complexity index is 674. The van der Waals surface area contributed by atoms with Crippen molar-refractivity contribution in [1.82, 2.24) is 20.4 Å². The van der Waals surface area contributed by atoms with Gasteiger partial charge in [0.2, 0.25) is 11.8 Å². The van der Waals surface area contributed by atoms with Crippen molar-refractivity contribution < 1.29 is 19.2 Å². The highest BCUT2D eigenvalue weighted by atomic mass is 16.2. The van der Waals surface area contributed by atoms with Crippen molar-refractivity contribution in [1.29, 1.82) is 0 Å². The largest absolute Gasteiger partial charge is 0.353 e. The summed E-state index contributed by atoms with van der Waals surface area (Å²) in [7, 11) is 0. The van der Waals surface area contributed by atoms with Crippen LogP contribution in [0.15, 0.2) is 0 Å². The third-order valence-corrected chi connectivity index (χ3v) is 7.17. The van der Waals surface area contributed by atoms with Gasteiger partial charge in [0.1, 0.15) is 12.1 Å². The van der Waals surface area contributed by atoms with Crippen LogP contribution in [0.3, 0.4) is 0 Å². The zero-order valence-electron chi connectivity index (χ0n) is 17.1. The molecule has 2 saturated heterocycles. The molecule has 0 aromatic carbocycles. The Hall–Kier alpha value is -2.12. The Morgan fingerprint density at radius 2 is 1.62 bits per heavy atom. The molecule has 4 aliphatic rings. The molecule has 2 heterocycles. The van der Waals surface area contributed by atoms with E-state index in [1.54, 1.807) is 4.90 Å². The van der Waals surface area contributed by atoms with Crippen LogP contribution in [0.25, 0.3) is 0 Å². The highest BCUT2D eigenvalue weighted by Gasteiger charge is 2.52. The first-order valence-corrected chi connectivity index (χ1v) is 11.2. The van der Waals surface area contributed by atoms with E-state index >= 15 is 0 Å². The second-order valence-electron chi connectivity index (χ2n) is 9.11. The van der Waals surface area contributed by atoms with Crippen LogP contribution in [0.4, 0.5) is 4.79 Å². The van der Waals surface area contributed by atoms with Gasteiger partial charge in [-0.15, -0.1) is 0 Å². The summed E-state index contributed by atoms with van der Waals surface area (Å²) in [6.45, 7) is 0.901. The number of likely N-dealkylation sites (tertiary alicyclic amines) is 1. The second-order valence-corrected chi connectivity index (χ2v) is 9.11. The number of rotatable bonds is 4. The van der Waals surface area contributed by atoms with Crippen LogP contribution < -0.4 is 10.6 Å². The molecule has 5 amide bonds. The van der Waals surface area contributed by atoms with E-state index in [1.807, 2.05) is 0 Å². The lowest BCUT2D eigenvalue weighted by Crippen LogP contribution is -2.51. The smallest absolute Gasteiger partial charge is 0.325 e. The van der Waals surface area contributed by atoms with E-state index in [9.17, 15) is 19.2 Å². The summed E-state index contributed by atoms with van der Waals surface area (Å²) in [6, 6.07) is -0.341. The predicted molar refractivity (Wildman–Crippen MR) is 106 cm³/mol. The average Bonchev–Trinajstić information content (AvgIpc) is 3.29. The average molecular weight is 405 g/mol.